The Balaban J connectivity index is 0.00000385. The average molecular weight is 569 g/mol. The van der Waals surface area contributed by atoms with Gasteiger partial charge in [0.25, 0.3) is 0 Å². The Bertz CT molecular complexity index is 921. The van der Waals surface area contributed by atoms with E-state index in [2.05, 4.69) is 51.6 Å². The van der Waals surface area contributed by atoms with Crippen molar-refractivity contribution in [1.82, 2.24) is 25.4 Å². The molecular weight excluding hydrogens is 531 g/mol. The van der Waals surface area contributed by atoms with Crippen molar-refractivity contribution in [1.29, 1.82) is 0 Å². The third-order valence-corrected chi connectivity index (χ3v) is 5.76. The van der Waals surface area contributed by atoms with E-state index >= 15 is 0 Å². The van der Waals surface area contributed by atoms with E-state index in [1.165, 1.54) is 5.69 Å². The summed E-state index contributed by atoms with van der Waals surface area (Å²) in [7, 11) is 0. The van der Waals surface area contributed by atoms with E-state index in [0.29, 0.717) is 6.54 Å². The minimum atomic E-state index is -0.199. The maximum atomic E-state index is 11.5. The number of amides is 1. The molecule has 0 spiro atoms. The Morgan fingerprint density at radius 2 is 2.03 bits per heavy atom. The summed E-state index contributed by atoms with van der Waals surface area (Å²) >= 11 is 0. The van der Waals surface area contributed by atoms with Gasteiger partial charge >= 0.3 is 0 Å². The van der Waals surface area contributed by atoms with Gasteiger partial charge in [0.2, 0.25) is 5.91 Å². The number of nitrogens with zero attached hydrogens (tertiary/aromatic N) is 5. The molecule has 2 aromatic heterocycles. The second-order valence-corrected chi connectivity index (χ2v) is 8.28. The van der Waals surface area contributed by atoms with E-state index in [9.17, 15) is 4.79 Å². The van der Waals surface area contributed by atoms with Gasteiger partial charge in [0.15, 0.2) is 5.96 Å². The van der Waals surface area contributed by atoms with Crippen molar-refractivity contribution in [2.75, 3.05) is 31.1 Å². The molecule has 0 atom stereocenters. The highest BCUT2D eigenvalue weighted by Crippen LogP contribution is 2.24. The first kappa shape index (κ1) is 26.9. The van der Waals surface area contributed by atoms with Gasteiger partial charge in [-0.05, 0) is 52.2 Å². The van der Waals surface area contributed by atoms with Crippen LogP contribution in [0.25, 0.3) is 0 Å². The highest BCUT2D eigenvalue weighted by Gasteiger charge is 2.24. The number of nitrogens with one attached hydrogen (secondary N) is 2. The number of rotatable bonds is 9. The van der Waals surface area contributed by atoms with Crippen LogP contribution in [-0.2, 0) is 17.9 Å². The molecule has 2 aromatic rings. The lowest BCUT2D eigenvalue weighted by Gasteiger charge is -2.32. The topological polar surface area (TPSA) is 113 Å². The molecule has 3 heterocycles. The van der Waals surface area contributed by atoms with Crippen LogP contribution >= 0.6 is 24.0 Å². The third-order valence-electron chi connectivity index (χ3n) is 5.76. The number of nitrogens with two attached hydrogens (primary N) is 1. The molecule has 0 aromatic carbocycles. The lowest BCUT2D eigenvalue weighted by molar-refractivity contribution is -0.122. The molecule has 9 nitrogen and oxygen atoms in total. The van der Waals surface area contributed by atoms with Crippen LogP contribution in [0.4, 0.5) is 5.82 Å². The fourth-order valence-electron chi connectivity index (χ4n) is 4.06. The summed E-state index contributed by atoms with van der Waals surface area (Å²) in [4.78, 5) is 23.1. The number of pyridine rings is 1. The number of primary amides is 1. The zero-order chi connectivity index (χ0) is 22.9. The predicted octanol–water partition coefficient (Wildman–Crippen LogP) is 2.36. The lowest BCUT2D eigenvalue weighted by atomic mass is 9.96. The largest absolute Gasteiger partial charge is 0.369 e. The van der Waals surface area contributed by atoms with E-state index in [4.69, 9.17) is 10.7 Å². The summed E-state index contributed by atoms with van der Waals surface area (Å²) in [6.07, 6.45) is 4.31. The number of hydrogen-bond acceptors (Lipinski definition) is 5. The highest BCUT2D eigenvalue weighted by atomic mass is 127. The van der Waals surface area contributed by atoms with Crippen LogP contribution in [0.5, 0.6) is 0 Å². The smallest absolute Gasteiger partial charge is 0.220 e. The van der Waals surface area contributed by atoms with Gasteiger partial charge in [-0.2, -0.15) is 5.10 Å². The highest BCUT2D eigenvalue weighted by molar-refractivity contribution is 14.0. The van der Waals surface area contributed by atoms with Crippen molar-refractivity contribution in [3.8, 4) is 0 Å². The number of hydrogen-bond donors (Lipinski definition) is 3. The Labute approximate surface area is 213 Å². The van der Waals surface area contributed by atoms with E-state index in [1.54, 1.807) is 0 Å². The predicted molar refractivity (Wildman–Crippen MR) is 143 cm³/mol. The number of carbonyl (C=O) groups excluding carboxylic acids is 1. The number of carbonyl (C=O) groups is 1. The second-order valence-electron chi connectivity index (χ2n) is 8.28. The Hall–Kier alpha value is -2.37. The molecule has 1 fully saturated rings. The summed E-state index contributed by atoms with van der Waals surface area (Å²) in [5.74, 6) is 1.51. The quantitative estimate of drug-likeness (QED) is 0.185. The van der Waals surface area contributed by atoms with Crippen LogP contribution in [0.3, 0.4) is 0 Å². The SMILES string of the molecule is CCNC(=NCc1cccnc1N1CCC(C(N)=O)CC1)NCCCn1nc(C)cc1C.I. The van der Waals surface area contributed by atoms with Crippen molar-refractivity contribution >= 4 is 41.7 Å². The molecule has 1 aliphatic rings. The number of aromatic nitrogens is 3. The summed E-state index contributed by atoms with van der Waals surface area (Å²) in [5.41, 5.74) is 8.79. The maximum Gasteiger partial charge on any atom is 0.220 e. The molecular formula is C23H37IN8O. The summed E-state index contributed by atoms with van der Waals surface area (Å²) in [6.45, 7) is 10.7. The first-order chi connectivity index (χ1) is 15.5. The van der Waals surface area contributed by atoms with Crippen LogP contribution in [0.15, 0.2) is 29.4 Å². The standard InChI is InChI=1S/C23H36N8O.HI/c1-4-25-23(27-11-6-12-31-18(3)15-17(2)29-31)28-16-20-7-5-10-26-22(20)30-13-8-19(9-14-30)21(24)32;/h5,7,10,15,19H,4,6,8-9,11-14,16H2,1-3H3,(H2,24,32)(H2,25,27,28);1H. The van der Waals surface area contributed by atoms with Crippen LogP contribution in [-0.4, -0.2) is 52.8 Å². The monoisotopic (exact) mass is 568 g/mol. The van der Waals surface area contributed by atoms with Crippen molar-refractivity contribution in [3.05, 3.63) is 41.3 Å². The summed E-state index contributed by atoms with van der Waals surface area (Å²) < 4.78 is 2.05. The molecule has 0 radical (unpaired) electrons. The maximum absolute atomic E-state index is 11.5. The molecule has 0 saturated carbocycles. The zero-order valence-electron chi connectivity index (χ0n) is 19.9. The van der Waals surface area contributed by atoms with E-state index in [-0.39, 0.29) is 35.8 Å². The van der Waals surface area contributed by atoms with E-state index in [1.807, 2.05) is 23.9 Å². The number of halogens is 1. The fourth-order valence-corrected chi connectivity index (χ4v) is 4.06. The van der Waals surface area contributed by atoms with Crippen molar-refractivity contribution < 1.29 is 4.79 Å². The molecule has 0 unspecified atom stereocenters. The average Bonchev–Trinajstić information content (AvgIpc) is 3.12. The molecule has 1 aliphatic heterocycles. The molecule has 0 bridgehead atoms. The van der Waals surface area contributed by atoms with Gasteiger partial charge < -0.3 is 21.3 Å². The number of anilines is 1. The first-order valence-corrected chi connectivity index (χ1v) is 11.5. The summed E-state index contributed by atoms with van der Waals surface area (Å²) in [6, 6.07) is 6.11. The minimum absolute atomic E-state index is 0. The fraction of sp³-hybridized carbons (Fsp3) is 0.565. The Morgan fingerprint density at radius 3 is 2.67 bits per heavy atom. The molecule has 182 valence electrons. The van der Waals surface area contributed by atoms with E-state index in [0.717, 1.165) is 75.0 Å². The van der Waals surface area contributed by atoms with Crippen molar-refractivity contribution in [2.24, 2.45) is 16.6 Å². The number of aryl methyl sites for hydroxylation is 3. The molecule has 1 amide bonds. The Morgan fingerprint density at radius 1 is 1.27 bits per heavy atom. The normalized spacial score (nSPS) is 14.6. The number of guanidine groups is 1. The Kier molecular flexibility index (Phi) is 10.9. The van der Waals surface area contributed by atoms with E-state index < -0.39 is 0 Å². The zero-order valence-corrected chi connectivity index (χ0v) is 22.2. The van der Waals surface area contributed by atoms with Gasteiger partial charge in [-0.15, -0.1) is 24.0 Å². The molecule has 1 saturated heterocycles. The van der Waals surface area contributed by atoms with Gasteiger partial charge in [-0.1, -0.05) is 6.07 Å². The molecule has 3 rings (SSSR count). The summed E-state index contributed by atoms with van der Waals surface area (Å²) in [5, 5.41) is 11.2. The molecule has 10 heteroatoms. The van der Waals surface area contributed by atoms with Crippen LogP contribution < -0.4 is 21.3 Å². The number of piperidine rings is 1. The van der Waals surface area contributed by atoms with Gasteiger partial charge in [0, 0.05) is 56.1 Å². The lowest BCUT2D eigenvalue weighted by Crippen LogP contribution is -2.39. The van der Waals surface area contributed by atoms with Crippen LogP contribution in [0.1, 0.15) is 43.1 Å². The van der Waals surface area contributed by atoms with Gasteiger partial charge in [-0.3, -0.25) is 9.48 Å². The molecule has 0 aliphatic carbocycles. The second kappa shape index (κ2) is 13.4. The first-order valence-electron chi connectivity index (χ1n) is 11.5. The van der Waals surface area contributed by atoms with Gasteiger partial charge in [0.1, 0.15) is 5.82 Å². The van der Waals surface area contributed by atoms with Crippen molar-refractivity contribution in [3.63, 3.8) is 0 Å². The van der Waals surface area contributed by atoms with Gasteiger partial charge in [-0.25, -0.2) is 9.98 Å². The number of aliphatic imine (C=N–C) groups is 1. The van der Waals surface area contributed by atoms with Crippen molar-refractivity contribution in [2.45, 2.75) is 53.1 Å². The minimum Gasteiger partial charge on any atom is -0.369 e. The van der Waals surface area contributed by atoms with Crippen LogP contribution in [0, 0.1) is 19.8 Å². The molecule has 4 N–H and O–H groups in total. The van der Waals surface area contributed by atoms with Gasteiger partial charge in [0.05, 0.1) is 12.2 Å². The third kappa shape index (κ3) is 7.86. The molecule has 33 heavy (non-hydrogen) atoms. The van der Waals surface area contributed by atoms with Crippen LogP contribution in [0.2, 0.25) is 0 Å².